The molecular weight excluding hydrogens is 382 g/mol. The molecule has 0 radical (unpaired) electrons. The van der Waals surface area contributed by atoms with E-state index >= 15 is 0 Å². The highest BCUT2D eigenvalue weighted by atomic mass is 79.9. The minimum Gasteiger partial charge on any atom is -1.00 e. The summed E-state index contributed by atoms with van der Waals surface area (Å²) in [5, 5.41) is 11.2. The van der Waals surface area contributed by atoms with Crippen molar-refractivity contribution in [1.29, 1.82) is 0 Å². The molecule has 0 aliphatic carbocycles. The Balaban J connectivity index is 0.00000162. The lowest BCUT2D eigenvalue weighted by atomic mass is 9.96. The van der Waals surface area contributed by atoms with E-state index < -0.39 is 23.5 Å². The average molecular weight is 397 g/mol. The second-order valence-electron chi connectivity index (χ2n) is 4.27. The van der Waals surface area contributed by atoms with Gasteiger partial charge in [0.15, 0.2) is 24.5 Å². The average Bonchev–Trinajstić information content (AvgIpc) is 2.57. The van der Waals surface area contributed by atoms with Gasteiger partial charge in [0.05, 0.1) is 0 Å². The van der Waals surface area contributed by atoms with Gasteiger partial charge in [0, 0.05) is 18.6 Å². The SMILES string of the molecule is Br.NC1(C[n+]2ccccc2)C[C@H](C(=O)O)NC1=O.[Br-]. The summed E-state index contributed by atoms with van der Waals surface area (Å²) in [5.74, 6) is -1.47. The summed E-state index contributed by atoms with van der Waals surface area (Å²) in [6.07, 6.45) is 3.68. The zero-order valence-electron chi connectivity index (χ0n) is 9.95. The van der Waals surface area contributed by atoms with Crippen LogP contribution in [-0.4, -0.2) is 28.6 Å². The Labute approximate surface area is 131 Å². The third-order valence-corrected chi connectivity index (χ3v) is 2.87. The van der Waals surface area contributed by atoms with Crippen LogP contribution in [0.3, 0.4) is 0 Å². The molecule has 0 spiro atoms. The van der Waals surface area contributed by atoms with Crippen LogP contribution in [0.15, 0.2) is 30.6 Å². The quantitative estimate of drug-likeness (QED) is 0.457. The number of amides is 1. The molecule has 0 bridgehead atoms. The van der Waals surface area contributed by atoms with Crippen molar-refractivity contribution in [2.45, 2.75) is 24.5 Å². The second-order valence-corrected chi connectivity index (χ2v) is 4.27. The van der Waals surface area contributed by atoms with Crippen LogP contribution >= 0.6 is 17.0 Å². The van der Waals surface area contributed by atoms with Gasteiger partial charge in [0.2, 0.25) is 5.91 Å². The van der Waals surface area contributed by atoms with Crippen molar-refractivity contribution in [1.82, 2.24) is 5.32 Å². The molecular formula is C11H15Br2N3O3. The Kier molecular flexibility index (Phi) is 6.61. The number of carboxylic acids is 1. The summed E-state index contributed by atoms with van der Waals surface area (Å²) in [6.45, 7) is 0.267. The number of nitrogens with zero attached hydrogens (tertiary/aromatic N) is 1. The highest BCUT2D eigenvalue weighted by molar-refractivity contribution is 8.93. The Morgan fingerprint density at radius 2 is 2.05 bits per heavy atom. The zero-order chi connectivity index (χ0) is 12.5. The highest BCUT2D eigenvalue weighted by Crippen LogP contribution is 2.18. The Bertz CT molecular complexity index is 458. The van der Waals surface area contributed by atoms with Crippen molar-refractivity contribution in [2.75, 3.05) is 0 Å². The molecule has 1 amide bonds. The summed E-state index contributed by atoms with van der Waals surface area (Å²) in [7, 11) is 0. The van der Waals surface area contributed by atoms with Crippen LogP contribution in [-0.2, 0) is 16.1 Å². The van der Waals surface area contributed by atoms with Gasteiger partial charge in [-0.05, 0) is 0 Å². The van der Waals surface area contributed by atoms with Gasteiger partial charge in [0.25, 0.3) is 0 Å². The van der Waals surface area contributed by atoms with E-state index in [0.717, 1.165) is 0 Å². The number of aliphatic carboxylic acids is 1. The largest absolute Gasteiger partial charge is 1.00 e. The molecule has 1 unspecified atom stereocenters. The summed E-state index contributed by atoms with van der Waals surface area (Å²) in [5.41, 5.74) is 4.81. The van der Waals surface area contributed by atoms with E-state index in [4.69, 9.17) is 10.8 Å². The van der Waals surface area contributed by atoms with Gasteiger partial charge in [-0.15, -0.1) is 17.0 Å². The van der Waals surface area contributed by atoms with E-state index in [1.54, 1.807) is 17.0 Å². The predicted octanol–water partition coefficient (Wildman–Crippen LogP) is -3.77. The number of hydrogen-bond acceptors (Lipinski definition) is 3. The fourth-order valence-corrected chi connectivity index (χ4v) is 1.96. The molecule has 6 nitrogen and oxygen atoms in total. The first-order chi connectivity index (χ1) is 8.01. The number of halogens is 2. The van der Waals surface area contributed by atoms with Crippen molar-refractivity contribution >= 4 is 28.9 Å². The van der Waals surface area contributed by atoms with Crippen LogP contribution in [0.4, 0.5) is 0 Å². The monoisotopic (exact) mass is 395 g/mol. The van der Waals surface area contributed by atoms with Crippen LogP contribution in [0.5, 0.6) is 0 Å². The Morgan fingerprint density at radius 1 is 1.47 bits per heavy atom. The minimum absolute atomic E-state index is 0. The molecule has 106 valence electrons. The lowest BCUT2D eigenvalue weighted by Gasteiger charge is -2.16. The summed E-state index contributed by atoms with van der Waals surface area (Å²) < 4.78 is 1.77. The number of aromatic nitrogens is 1. The van der Waals surface area contributed by atoms with E-state index in [1.165, 1.54) is 0 Å². The highest BCUT2D eigenvalue weighted by Gasteiger charge is 2.49. The zero-order valence-corrected chi connectivity index (χ0v) is 13.3. The van der Waals surface area contributed by atoms with Gasteiger partial charge in [-0.1, -0.05) is 6.07 Å². The number of nitrogens with two attached hydrogens (primary N) is 1. The van der Waals surface area contributed by atoms with Gasteiger partial charge in [0.1, 0.15) is 6.04 Å². The summed E-state index contributed by atoms with van der Waals surface area (Å²) in [6, 6.07) is 4.61. The van der Waals surface area contributed by atoms with Crippen molar-refractivity contribution in [3.8, 4) is 0 Å². The first-order valence-corrected chi connectivity index (χ1v) is 5.28. The van der Waals surface area contributed by atoms with E-state index in [2.05, 4.69) is 5.32 Å². The van der Waals surface area contributed by atoms with Crippen LogP contribution in [0.25, 0.3) is 0 Å². The van der Waals surface area contributed by atoms with E-state index in [0.29, 0.717) is 0 Å². The minimum atomic E-state index is -1.16. The Hall–Kier alpha value is -0.990. The lowest BCUT2D eigenvalue weighted by molar-refractivity contribution is -0.701. The van der Waals surface area contributed by atoms with Crippen molar-refractivity contribution < 1.29 is 36.2 Å². The normalized spacial score (nSPS) is 24.9. The molecule has 1 aliphatic heterocycles. The molecule has 2 rings (SSSR count). The summed E-state index contributed by atoms with van der Waals surface area (Å²) >= 11 is 0. The number of nitrogens with one attached hydrogen (secondary N) is 1. The first-order valence-electron chi connectivity index (χ1n) is 5.28. The number of carboxylic acid groups (broad SMARTS) is 1. The standard InChI is InChI=1S/C11H13N3O3.2BrH/c12-11(7-14-4-2-1-3-5-14)6-8(9(15)16)13-10(11)17;;/h1-5,8H,6-7,12H2,(H-,13,15,16,17);2*1H/t8-,11?;;/m1../s1. The molecule has 1 aromatic heterocycles. The molecule has 4 N–H and O–H groups in total. The molecule has 2 atom stereocenters. The van der Waals surface area contributed by atoms with E-state index in [-0.39, 0.29) is 46.9 Å². The number of carbonyl (C=O) groups is 2. The maximum absolute atomic E-state index is 11.7. The molecule has 19 heavy (non-hydrogen) atoms. The fourth-order valence-electron chi connectivity index (χ4n) is 1.96. The first kappa shape index (κ1) is 18.0. The van der Waals surface area contributed by atoms with Gasteiger partial charge < -0.3 is 33.1 Å². The van der Waals surface area contributed by atoms with Gasteiger partial charge in [-0.3, -0.25) is 4.79 Å². The van der Waals surface area contributed by atoms with Gasteiger partial charge >= 0.3 is 5.97 Å². The third kappa shape index (κ3) is 3.99. The van der Waals surface area contributed by atoms with E-state index in [1.807, 2.05) is 18.2 Å². The lowest BCUT2D eigenvalue weighted by Crippen LogP contribution is -3.00. The van der Waals surface area contributed by atoms with Crippen molar-refractivity contribution in [3.63, 3.8) is 0 Å². The number of carbonyl (C=O) groups excluding carboxylic acids is 1. The van der Waals surface area contributed by atoms with Crippen LogP contribution < -0.4 is 32.6 Å². The maximum Gasteiger partial charge on any atom is 0.326 e. The van der Waals surface area contributed by atoms with E-state index in [9.17, 15) is 9.59 Å². The molecule has 1 aliphatic rings. The van der Waals surface area contributed by atoms with Crippen LogP contribution in [0.2, 0.25) is 0 Å². The molecule has 0 aromatic carbocycles. The Morgan fingerprint density at radius 3 is 2.53 bits per heavy atom. The van der Waals surface area contributed by atoms with Crippen LogP contribution in [0, 0.1) is 0 Å². The summed E-state index contributed by atoms with van der Waals surface area (Å²) in [4.78, 5) is 22.5. The van der Waals surface area contributed by atoms with Crippen LogP contribution in [0.1, 0.15) is 6.42 Å². The third-order valence-electron chi connectivity index (χ3n) is 2.87. The molecule has 0 saturated carbocycles. The molecule has 2 heterocycles. The molecule has 1 saturated heterocycles. The van der Waals surface area contributed by atoms with Crippen molar-refractivity contribution in [2.24, 2.45) is 5.73 Å². The van der Waals surface area contributed by atoms with Crippen molar-refractivity contribution in [3.05, 3.63) is 30.6 Å². The van der Waals surface area contributed by atoms with Gasteiger partial charge in [-0.2, -0.15) is 0 Å². The predicted molar refractivity (Wildman–Crippen MR) is 68.1 cm³/mol. The number of rotatable bonds is 3. The second kappa shape index (κ2) is 6.97. The molecule has 8 heteroatoms. The fraction of sp³-hybridized carbons (Fsp3) is 0.364. The maximum atomic E-state index is 11.7. The smallest absolute Gasteiger partial charge is 0.326 e. The number of pyridine rings is 1. The molecule has 1 aromatic rings. The number of hydrogen-bond donors (Lipinski definition) is 3. The van der Waals surface area contributed by atoms with Gasteiger partial charge in [-0.25, -0.2) is 9.36 Å². The topological polar surface area (TPSA) is 96.3 Å². The molecule has 1 fully saturated rings.